The zero-order chi connectivity index (χ0) is 18.9. The second kappa shape index (κ2) is 7.36. The van der Waals surface area contributed by atoms with E-state index in [0.29, 0.717) is 24.7 Å². The molecule has 0 bridgehead atoms. The molecule has 1 aliphatic heterocycles. The lowest BCUT2D eigenvalue weighted by Gasteiger charge is -2.31. The van der Waals surface area contributed by atoms with Crippen molar-refractivity contribution in [1.82, 2.24) is 14.9 Å². The molecular weight excluding hydrogens is 370 g/mol. The summed E-state index contributed by atoms with van der Waals surface area (Å²) >= 11 is 1.79. The molecule has 0 radical (unpaired) electrons. The van der Waals surface area contributed by atoms with Gasteiger partial charge in [-0.15, -0.1) is 11.3 Å². The van der Waals surface area contributed by atoms with Crippen LogP contribution in [-0.2, 0) is 11.2 Å². The van der Waals surface area contributed by atoms with Crippen LogP contribution in [0.15, 0.2) is 52.9 Å². The highest BCUT2D eigenvalue weighted by atomic mass is 32.1. The molecule has 4 aromatic rings. The average molecular weight is 391 g/mol. The predicted molar refractivity (Wildman–Crippen MR) is 111 cm³/mol. The summed E-state index contributed by atoms with van der Waals surface area (Å²) in [6.45, 7) is 1.60. The van der Waals surface area contributed by atoms with Gasteiger partial charge in [0, 0.05) is 31.8 Å². The first kappa shape index (κ1) is 17.4. The largest absolute Gasteiger partial charge is 0.441 e. The topological polar surface area (TPSA) is 59.2 Å². The van der Waals surface area contributed by atoms with E-state index in [-0.39, 0.29) is 5.91 Å². The summed E-state index contributed by atoms with van der Waals surface area (Å²) in [4.78, 5) is 23.8. The van der Waals surface area contributed by atoms with E-state index >= 15 is 0 Å². The molecule has 0 N–H and O–H groups in total. The molecule has 0 aliphatic carbocycles. The number of nitrogens with zero attached hydrogens (tertiary/aromatic N) is 3. The zero-order valence-corrected chi connectivity index (χ0v) is 16.3. The number of thiazole rings is 1. The predicted octanol–water partition coefficient (Wildman–Crippen LogP) is 4.78. The van der Waals surface area contributed by atoms with Crippen molar-refractivity contribution in [2.45, 2.75) is 31.6 Å². The van der Waals surface area contributed by atoms with Crippen LogP contribution in [0.4, 0.5) is 0 Å². The fraction of sp³-hybridized carbons (Fsp3) is 0.318. The van der Waals surface area contributed by atoms with Gasteiger partial charge in [-0.25, -0.2) is 9.97 Å². The average Bonchev–Trinajstić information content (AvgIpc) is 3.35. The molecule has 1 aliphatic rings. The van der Waals surface area contributed by atoms with Crippen molar-refractivity contribution in [1.29, 1.82) is 0 Å². The van der Waals surface area contributed by atoms with Gasteiger partial charge in [-0.2, -0.15) is 0 Å². The standard InChI is InChI=1S/C22H21N3O2S/c26-21(10-9-20-23-16-5-1-3-7-18(16)27-20)25-13-11-15(12-14-25)22-24-17-6-2-4-8-19(17)28-22/h1-8,15H,9-14H2. The number of carbonyl (C=O) groups excluding carboxylic acids is 1. The Balaban J connectivity index is 1.17. The van der Waals surface area contributed by atoms with Gasteiger partial charge in [-0.1, -0.05) is 24.3 Å². The molecule has 1 saturated heterocycles. The molecule has 0 atom stereocenters. The van der Waals surface area contributed by atoms with Crippen molar-refractivity contribution in [3.8, 4) is 0 Å². The van der Waals surface area contributed by atoms with Gasteiger partial charge < -0.3 is 9.32 Å². The van der Waals surface area contributed by atoms with E-state index < -0.39 is 0 Å². The number of aryl methyl sites for hydroxylation is 1. The van der Waals surface area contributed by atoms with Crippen molar-refractivity contribution >= 4 is 38.6 Å². The third kappa shape index (κ3) is 3.40. The fourth-order valence-electron chi connectivity index (χ4n) is 3.84. The number of hydrogen-bond acceptors (Lipinski definition) is 5. The van der Waals surface area contributed by atoms with Crippen molar-refractivity contribution < 1.29 is 9.21 Å². The third-order valence-electron chi connectivity index (χ3n) is 5.40. The van der Waals surface area contributed by atoms with Crippen LogP contribution in [0, 0.1) is 0 Å². The second-order valence-corrected chi connectivity index (χ2v) is 8.31. The number of amides is 1. The van der Waals surface area contributed by atoms with Crippen LogP contribution in [0.2, 0.25) is 0 Å². The van der Waals surface area contributed by atoms with Crippen LogP contribution < -0.4 is 0 Å². The maximum atomic E-state index is 12.6. The number of benzene rings is 2. The Labute approximate surface area is 167 Å². The molecule has 3 heterocycles. The van der Waals surface area contributed by atoms with Crippen LogP contribution in [0.25, 0.3) is 21.3 Å². The molecule has 0 spiro atoms. The smallest absolute Gasteiger partial charge is 0.223 e. The lowest BCUT2D eigenvalue weighted by atomic mass is 9.97. The number of para-hydroxylation sites is 3. The highest BCUT2D eigenvalue weighted by Gasteiger charge is 2.26. The number of carbonyl (C=O) groups is 1. The monoisotopic (exact) mass is 391 g/mol. The number of fused-ring (bicyclic) bond motifs is 2. The zero-order valence-electron chi connectivity index (χ0n) is 15.5. The Hall–Kier alpha value is -2.73. The highest BCUT2D eigenvalue weighted by molar-refractivity contribution is 7.18. The quantitative estimate of drug-likeness (QED) is 0.502. The Kier molecular flexibility index (Phi) is 4.56. The Morgan fingerprint density at radius 3 is 2.57 bits per heavy atom. The molecule has 2 aromatic carbocycles. The maximum Gasteiger partial charge on any atom is 0.223 e. The molecule has 6 heteroatoms. The summed E-state index contributed by atoms with van der Waals surface area (Å²) in [5.41, 5.74) is 2.71. The van der Waals surface area contributed by atoms with E-state index in [1.165, 1.54) is 9.71 Å². The Morgan fingerprint density at radius 1 is 1.04 bits per heavy atom. The molecule has 0 unspecified atom stereocenters. The van der Waals surface area contributed by atoms with Gasteiger partial charge in [0.05, 0.1) is 15.2 Å². The van der Waals surface area contributed by atoms with Crippen LogP contribution >= 0.6 is 11.3 Å². The molecule has 28 heavy (non-hydrogen) atoms. The van der Waals surface area contributed by atoms with Gasteiger partial charge in [0.1, 0.15) is 5.52 Å². The Bertz CT molecular complexity index is 1060. The van der Waals surface area contributed by atoms with Crippen LogP contribution in [0.1, 0.15) is 36.1 Å². The SMILES string of the molecule is O=C(CCc1nc2ccccc2o1)N1CCC(c2nc3ccccc3s2)CC1. The molecular formula is C22H21N3O2S. The lowest BCUT2D eigenvalue weighted by Crippen LogP contribution is -2.38. The molecule has 2 aromatic heterocycles. The molecule has 5 nitrogen and oxygen atoms in total. The number of hydrogen-bond donors (Lipinski definition) is 0. The minimum Gasteiger partial charge on any atom is -0.441 e. The molecule has 0 saturated carbocycles. The van der Waals surface area contributed by atoms with Gasteiger partial charge in [-0.05, 0) is 37.1 Å². The van der Waals surface area contributed by atoms with Gasteiger partial charge in [-0.3, -0.25) is 4.79 Å². The summed E-state index contributed by atoms with van der Waals surface area (Å²) in [5.74, 6) is 1.28. The number of piperidine rings is 1. The first-order valence-electron chi connectivity index (χ1n) is 9.74. The molecule has 1 amide bonds. The Morgan fingerprint density at radius 2 is 1.79 bits per heavy atom. The van der Waals surface area contributed by atoms with Crippen molar-refractivity contribution in [3.63, 3.8) is 0 Å². The van der Waals surface area contributed by atoms with Crippen LogP contribution in [-0.4, -0.2) is 33.9 Å². The van der Waals surface area contributed by atoms with E-state index in [9.17, 15) is 4.79 Å². The first-order chi connectivity index (χ1) is 13.8. The van der Waals surface area contributed by atoms with Crippen molar-refractivity contribution in [2.75, 3.05) is 13.1 Å². The fourth-order valence-corrected chi connectivity index (χ4v) is 4.98. The van der Waals surface area contributed by atoms with E-state index in [1.807, 2.05) is 35.2 Å². The molecule has 142 valence electrons. The summed E-state index contributed by atoms with van der Waals surface area (Å²) in [6.07, 6.45) is 2.95. The van der Waals surface area contributed by atoms with Gasteiger partial charge in [0.2, 0.25) is 5.91 Å². The van der Waals surface area contributed by atoms with Gasteiger partial charge in [0.25, 0.3) is 0 Å². The van der Waals surface area contributed by atoms with Crippen molar-refractivity contribution in [2.24, 2.45) is 0 Å². The summed E-state index contributed by atoms with van der Waals surface area (Å²) < 4.78 is 6.97. The number of rotatable bonds is 4. The summed E-state index contributed by atoms with van der Waals surface area (Å²) in [7, 11) is 0. The van der Waals surface area contributed by atoms with Crippen LogP contribution in [0.5, 0.6) is 0 Å². The first-order valence-corrected chi connectivity index (χ1v) is 10.6. The van der Waals surface area contributed by atoms with Crippen LogP contribution in [0.3, 0.4) is 0 Å². The normalized spacial score (nSPS) is 15.5. The van der Waals surface area contributed by atoms with Crippen molar-refractivity contribution in [3.05, 3.63) is 59.4 Å². The third-order valence-corrected chi connectivity index (χ3v) is 6.60. The summed E-state index contributed by atoms with van der Waals surface area (Å²) in [6, 6.07) is 16.0. The van der Waals surface area contributed by atoms with E-state index in [2.05, 4.69) is 23.2 Å². The maximum absolute atomic E-state index is 12.6. The highest BCUT2D eigenvalue weighted by Crippen LogP contribution is 2.34. The lowest BCUT2D eigenvalue weighted by molar-refractivity contribution is -0.132. The molecule has 1 fully saturated rings. The van der Waals surface area contributed by atoms with Gasteiger partial charge >= 0.3 is 0 Å². The van der Waals surface area contributed by atoms with E-state index in [1.54, 1.807) is 11.3 Å². The number of aromatic nitrogens is 2. The minimum absolute atomic E-state index is 0.185. The molecule has 5 rings (SSSR count). The van der Waals surface area contributed by atoms with E-state index in [4.69, 9.17) is 9.40 Å². The summed E-state index contributed by atoms with van der Waals surface area (Å²) in [5, 5.41) is 1.21. The number of oxazole rings is 1. The van der Waals surface area contributed by atoms with Gasteiger partial charge in [0.15, 0.2) is 11.5 Å². The van der Waals surface area contributed by atoms with E-state index in [0.717, 1.165) is 42.5 Å². The number of likely N-dealkylation sites (tertiary alicyclic amines) is 1. The minimum atomic E-state index is 0.185. The second-order valence-electron chi connectivity index (χ2n) is 7.25.